The van der Waals surface area contributed by atoms with Gasteiger partial charge in [0.1, 0.15) is 6.61 Å². The molecule has 0 bridgehead atoms. The lowest BCUT2D eigenvalue weighted by Gasteiger charge is -2.38. The Labute approximate surface area is 229 Å². The molecule has 1 aromatic carbocycles. The zero-order valence-corrected chi connectivity index (χ0v) is 25.1. The van der Waals surface area contributed by atoms with Crippen molar-refractivity contribution < 1.29 is 28.2 Å². The highest BCUT2D eigenvalue weighted by molar-refractivity contribution is 6.74. The lowest BCUT2D eigenvalue weighted by molar-refractivity contribution is 0.0703. The van der Waals surface area contributed by atoms with E-state index in [1.807, 2.05) is 0 Å². The Hall–Kier alpha value is -1.65. The Bertz CT molecular complexity index is 991. The van der Waals surface area contributed by atoms with Crippen LogP contribution < -0.4 is 14.8 Å². The van der Waals surface area contributed by atoms with E-state index in [1.54, 1.807) is 4.90 Å². The molecule has 1 heterocycles. The maximum absolute atomic E-state index is 13.8. The van der Waals surface area contributed by atoms with Crippen LogP contribution in [0.5, 0.6) is 11.5 Å². The molecule has 0 unspecified atom stereocenters. The van der Waals surface area contributed by atoms with E-state index in [1.165, 1.54) is 26.4 Å². The Morgan fingerprint density at radius 3 is 2.25 bits per heavy atom. The van der Waals surface area contributed by atoms with Crippen LogP contribution in [-0.2, 0) is 9.16 Å². The molecule has 1 aromatic rings. The number of anilines is 1. The fraction of sp³-hybridized carbons (Fsp3) is 0.583. The summed E-state index contributed by atoms with van der Waals surface area (Å²) in [4.78, 5) is 27.9. The second-order valence-corrected chi connectivity index (χ2v) is 17.4. The maximum atomic E-state index is 13.8. The predicted molar refractivity (Wildman–Crippen MR) is 147 cm³/mol. The van der Waals surface area contributed by atoms with Crippen molar-refractivity contribution in [1.29, 1.82) is 0 Å². The summed E-state index contributed by atoms with van der Waals surface area (Å²) in [5.41, 5.74) is 1.26. The molecule has 2 rings (SSSR count). The van der Waals surface area contributed by atoms with Crippen molar-refractivity contribution in [2.24, 2.45) is 0 Å². The summed E-state index contributed by atoms with van der Waals surface area (Å²) >= 11 is 17.0. The number of methoxy groups -OCH3 is 2. The Balaban J connectivity index is 2.37. The summed E-state index contributed by atoms with van der Waals surface area (Å²) < 4.78 is 20.3. The monoisotopic (exact) mass is 580 g/mol. The molecule has 0 spiro atoms. The van der Waals surface area contributed by atoms with E-state index < -0.39 is 24.8 Å². The normalized spacial score (nSPS) is 16.7. The number of carbonyl (C=O) groups excluding carboxylic acids is 2. The number of alkyl halides is 3. The molecule has 0 aromatic heterocycles. The van der Waals surface area contributed by atoms with Crippen LogP contribution in [0.4, 0.5) is 10.5 Å². The topological polar surface area (TPSA) is 86.3 Å². The molecular formula is C24H35Cl3N2O6Si. The average Bonchev–Trinajstić information content (AvgIpc) is 3.14. The van der Waals surface area contributed by atoms with Crippen LogP contribution in [0.25, 0.3) is 0 Å². The number of hydrogen-bond acceptors (Lipinski definition) is 6. The third-order valence-electron chi connectivity index (χ3n) is 6.55. The highest BCUT2D eigenvalue weighted by atomic mass is 35.6. The van der Waals surface area contributed by atoms with Gasteiger partial charge in [0.05, 0.1) is 38.1 Å². The van der Waals surface area contributed by atoms with Gasteiger partial charge in [-0.05, 0) is 30.6 Å². The second-order valence-electron chi connectivity index (χ2n) is 10.1. The van der Waals surface area contributed by atoms with E-state index in [-0.39, 0.29) is 28.2 Å². The lowest BCUT2D eigenvalue weighted by Crippen LogP contribution is -2.46. The summed E-state index contributed by atoms with van der Waals surface area (Å²) in [6.45, 7) is 15.3. The van der Waals surface area contributed by atoms with Crippen molar-refractivity contribution in [2.45, 2.75) is 55.2 Å². The third kappa shape index (κ3) is 7.68. The van der Waals surface area contributed by atoms with Crippen LogP contribution in [0.2, 0.25) is 18.1 Å². The number of hydrogen-bond donors (Lipinski definition) is 1. The first-order chi connectivity index (χ1) is 16.5. The van der Waals surface area contributed by atoms with E-state index in [4.69, 9.17) is 53.4 Å². The fourth-order valence-corrected chi connectivity index (χ4v) is 4.54. The van der Waals surface area contributed by atoms with E-state index in [0.717, 1.165) is 5.57 Å². The van der Waals surface area contributed by atoms with Gasteiger partial charge >= 0.3 is 6.09 Å². The number of likely N-dealkylation sites (tertiary alicyclic amines) is 1. The van der Waals surface area contributed by atoms with Crippen LogP contribution in [-0.4, -0.2) is 69.0 Å². The Kier molecular flexibility index (Phi) is 10.0. The van der Waals surface area contributed by atoms with Gasteiger partial charge in [0.15, 0.2) is 19.8 Å². The van der Waals surface area contributed by atoms with Gasteiger partial charge in [-0.2, -0.15) is 0 Å². The number of amides is 2. The first-order valence-corrected chi connectivity index (χ1v) is 15.4. The highest BCUT2D eigenvalue weighted by Crippen LogP contribution is 2.39. The molecule has 0 saturated carbocycles. The van der Waals surface area contributed by atoms with E-state index in [9.17, 15) is 9.59 Å². The van der Waals surface area contributed by atoms with Crippen molar-refractivity contribution in [3.05, 3.63) is 29.8 Å². The van der Waals surface area contributed by atoms with Gasteiger partial charge in [-0.3, -0.25) is 10.1 Å². The fourth-order valence-electron chi connectivity index (χ4n) is 3.37. The molecule has 0 aliphatic carbocycles. The minimum Gasteiger partial charge on any atom is -0.493 e. The molecule has 8 nitrogen and oxygen atoms in total. The first-order valence-electron chi connectivity index (χ1n) is 11.4. The molecule has 36 heavy (non-hydrogen) atoms. The third-order valence-corrected chi connectivity index (χ3v) is 11.4. The van der Waals surface area contributed by atoms with Crippen LogP contribution >= 0.6 is 34.8 Å². The quantitative estimate of drug-likeness (QED) is 0.217. The molecule has 1 fully saturated rings. The molecule has 1 N–H and O–H groups in total. The van der Waals surface area contributed by atoms with E-state index >= 15 is 0 Å². The summed E-state index contributed by atoms with van der Waals surface area (Å²) in [5, 5.41) is 2.57. The van der Waals surface area contributed by atoms with Crippen LogP contribution in [0, 0.1) is 0 Å². The number of halogens is 3. The molecule has 12 heteroatoms. The number of nitrogens with one attached hydrogen (secondary N) is 1. The minimum absolute atomic E-state index is 0.0231. The van der Waals surface area contributed by atoms with Gasteiger partial charge in [0.25, 0.3) is 5.91 Å². The number of benzene rings is 1. The van der Waals surface area contributed by atoms with Crippen LogP contribution in [0.3, 0.4) is 0 Å². The first kappa shape index (κ1) is 30.6. The van der Waals surface area contributed by atoms with Gasteiger partial charge in [-0.15, -0.1) is 0 Å². The minimum atomic E-state index is -2.05. The highest BCUT2D eigenvalue weighted by Gasteiger charge is 2.40. The van der Waals surface area contributed by atoms with Crippen molar-refractivity contribution in [3.63, 3.8) is 0 Å². The summed E-state index contributed by atoms with van der Waals surface area (Å²) in [6.07, 6.45) is -0.246. The molecule has 0 radical (unpaired) electrons. The summed E-state index contributed by atoms with van der Waals surface area (Å²) in [7, 11) is 0.856. The van der Waals surface area contributed by atoms with Gasteiger partial charge in [-0.1, -0.05) is 67.7 Å². The Morgan fingerprint density at radius 1 is 1.14 bits per heavy atom. The number of rotatable bonds is 8. The standard InChI is InChI=1S/C24H35Cl3N2O6Si/c1-15-9-10-29(18(15)13-35-36(7,8)23(2,3)4)21(30)16-11-19(32-5)20(33-6)12-17(16)28-22(31)34-14-24(25,26)27/h11-12,18H,1,9-10,13-14H2,2-8H3,(H,28,31)/t18-/m1/s1. The molecule has 2 amide bonds. The molecule has 1 aliphatic heterocycles. The van der Waals surface area contributed by atoms with Gasteiger partial charge < -0.3 is 23.5 Å². The molecule has 202 valence electrons. The zero-order chi connectivity index (χ0) is 27.5. The molecule has 1 aliphatic rings. The van der Waals surface area contributed by atoms with Crippen molar-refractivity contribution in [3.8, 4) is 11.5 Å². The van der Waals surface area contributed by atoms with E-state index in [0.29, 0.717) is 31.1 Å². The zero-order valence-electron chi connectivity index (χ0n) is 21.8. The lowest BCUT2D eigenvalue weighted by atomic mass is 10.1. The Morgan fingerprint density at radius 2 is 1.72 bits per heavy atom. The van der Waals surface area contributed by atoms with Gasteiger partial charge in [-0.25, -0.2) is 4.79 Å². The summed E-state index contributed by atoms with van der Waals surface area (Å²) in [6, 6.07) is 2.69. The van der Waals surface area contributed by atoms with E-state index in [2.05, 4.69) is 45.8 Å². The number of ether oxygens (including phenoxy) is 3. The van der Waals surface area contributed by atoms with Crippen LogP contribution in [0.1, 0.15) is 37.6 Å². The van der Waals surface area contributed by atoms with Crippen LogP contribution in [0.15, 0.2) is 24.3 Å². The molecular weight excluding hydrogens is 547 g/mol. The molecule has 1 atom stereocenters. The van der Waals surface area contributed by atoms with Crippen molar-refractivity contribution in [1.82, 2.24) is 4.90 Å². The second kappa shape index (κ2) is 11.8. The smallest absolute Gasteiger partial charge is 0.411 e. The van der Waals surface area contributed by atoms with Crippen molar-refractivity contribution >= 4 is 60.8 Å². The molecule has 1 saturated heterocycles. The van der Waals surface area contributed by atoms with Gasteiger partial charge in [0.2, 0.25) is 3.79 Å². The predicted octanol–water partition coefficient (Wildman–Crippen LogP) is 6.42. The number of carbonyl (C=O) groups is 2. The SMILES string of the molecule is C=C1CCN(C(=O)c2cc(OC)c(OC)cc2NC(=O)OCC(Cl)(Cl)Cl)[C@@H]1CO[Si](C)(C)C(C)(C)C. The van der Waals surface area contributed by atoms with Gasteiger partial charge in [0, 0.05) is 12.6 Å². The largest absolute Gasteiger partial charge is 0.493 e. The maximum Gasteiger partial charge on any atom is 0.411 e. The van der Waals surface area contributed by atoms with Crippen molar-refractivity contribution in [2.75, 3.05) is 39.3 Å². The summed E-state index contributed by atoms with van der Waals surface area (Å²) in [5.74, 6) is 0.317. The number of nitrogens with zero attached hydrogens (tertiary/aromatic N) is 1. The average molecular weight is 582 g/mol.